The van der Waals surface area contributed by atoms with Crippen molar-refractivity contribution in [2.24, 2.45) is 11.8 Å². The molecule has 1 aliphatic carbocycles. The van der Waals surface area contributed by atoms with Crippen LogP contribution in [-0.2, 0) is 6.42 Å². The molecule has 0 amide bonds. The highest BCUT2D eigenvalue weighted by molar-refractivity contribution is 7.26. The van der Waals surface area contributed by atoms with Gasteiger partial charge in [-0.25, -0.2) is 4.58 Å². The first-order valence-corrected chi connectivity index (χ1v) is 14.6. The molecule has 184 valence electrons. The van der Waals surface area contributed by atoms with Gasteiger partial charge >= 0.3 is 0 Å². The van der Waals surface area contributed by atoms with Gasteiger partial charge in [-0.15, -0.1) is 18.2 Å². The molecule has 1 aliphatic heterocycles. The van der Waals surface area contributed by atoms with Gasteiger partial charge in [0, 0.05) is 11.1 Å². The average Bonchev–Trinajstić information content (AvgIpc) is 3.57. The predicted molar refractivity (Wildman–Crippen MR) is 161 cm³/mol. The molecule has 0 atom stereocenters. The third-order valence-corrected chi connectivity index (χ3v) is 9.54. The molecule has 7 rings (SSSR count). The van der Waals surface area contributed by atoms with Crippen molar-refractivity contribution in [3.05, 3.63) is 102 Å². The minimum absolute atomic E-state index is 0.610. The second kappa shape index (κ2) is 8.89. The molecule has 0 spiro atoms. The third-order valence-electron chi connectivity index (χ3n) is 8.32. The second-order valence-electron chi connectivity index (χ2n) is 11.3. The number of allylic oxidation sites excluding steroid dienone is 1. The summed E-state index contributed by atoms with van der Waals surface area (Å²) in [7, 11) is 0. The summed E-state index contributed by atoms with van der Waals surface area (Å²) in [4.78, 5) is 0. The van der Waals surface area contributed by atoms with Crippen molar-refractivity contribution in [3.8, 4) is 0 Å². The number of hydrogen-bond acceptors (Lipinski definition) is 0. The smallest absolute Gasteiger partial charge is 0.160 e. The summed E-state index contributed by atoms with van der Waals surface area (Å²) in [5.41, 5.74) is 6.90. The lowest BCUT2D eigenvalue weighted by Gasteiger charge is -2.30. The van der Waals surface area contributed by atoms with Crippen LogP contribution in [0.1, 0.15) is 56.2 Å². The summed E-state index contributed by atoms with van der Waals surface area (Å²) < 4.78 is 4.96. The van der Waals surface area contributed by atoms with Crippen molar-refractivity contribution >= 4 is 60.3 Å². The van der Waals surface area contributed by atoms with Gasteiger partial charge in [0.25, 0.3) is 0 Å². The van der Waals surface area contributed by atoms with E-state index in [1.165, 1.54) is 90.6 Å². The minimum Gasteiger partial charge on any atom is -0.248 e. The topological polar surface area (TPSA) is 3.01 Å². The van der Waals surface area contributed by atoms with E-state index in [0.29, 0.717) is 11.8 Å². The van der Waals surface area contributed by atoms with E-state index in [4.69, 9.17) is 0 Å². The van der Waals surface area contributed by atoms with E-state index >= 15 is 0 Å². The van der Waals surface area contributed by atoms with Crippen molar-refractivity contribution in [3.63, 3.8) is 0 Å². The Morgan fingerprint density at radius 3 is 2.62 bits per heavy atom. The molecule has 37 heavy (non-hydrogen) atoms. The van der Waals surface area contributed by atoms with Crippen LogP contribution >= 0.6 is 11.3 Å². The minimum atomic E-state index is 0.610. The Balaban J connectivity index is 1.50. The molecule has 1 saturated carbocycles. The van der Waals surface area contributed by atoms with Crippen molar-refractivity contribution in [2.75, 3.05) is 0 Å². The highest BCUT2D eigenvalue weighted by Crippen LogP contribution is 2.50. The van der Waals surface area contributed by atoms with E-state index < -0.39 is 0 Å². The zero-order chi connectivity index (χ0) is 25.1. The van der Waals surface area contributed by atoms with E-state index in [9.17, 15) is 0 Å². The van der Waals surface area contributed by atoms with Gasteiger partial charge in [0.15, 0.2) is 21.1 Å². The van der Waals surface area contributed by atoms with Crippen LogP contribution in [0.3, 0.4) is 0 Å². The van der Waals surface area contributed by atoms with Crippen molar-refractivity contribution in [2.45, 2.75) is 46.0 Å². The first-order valence-electron chi connectivity index (χ1n) is 13.7. The molecule has 1 fully saturated rings. The Morgan fingerprint density at radius 2 is 1.78 bits per heavy atom. The average molecular weight is 500 g/mol. The van der Waals surface area contributed by atoms with Crippen LogP contribution in [0, 0.1) is 17.9 Å². The summed E-state index contributed by atoms with van der Waals surface area (Å²) >= 11 is 1.92. The van der Waals surface area contributed by atoms with Gasteiger partial charge in [-0.1, -0.05) is 105 Å². The lowest BCUT2D eigenvalue weighted by atomic mass is 9.82. The van der Waals surface area contributed by atoms with Crippen LogP contribution in [-0.4, -0.2) is 11.3 Å². The van der Waals surface area contributed by atoms with Crippen LogP contribution in [0.2, 0.25) is 0 Å². The Kier molecular flexibility index (Phi) is 5.48. The molecular formula is C35H33NS. The lowest BCUT2D eigenvalue weighted by Crippen LogP contribution is -2.20. The number of nitrogens with zero attached hydrogens (tertiary/aromatic N) is 1. The number of benzene rings is 4. The Bertz CT molecular complexity index is 1710. The molecule has 0 bridgehead atoms. The molecule has 2 heteroatoms. The molecule has 1 aromatic heterocycles. The van der Waals surface area contributed by atoms with Gasteiger partial charge in [0.1, 0.15) is 11.3 Å². The zero-order valence-corrected chi connectivity index (χ0v) is 22.6. The molecule has 0 N–H and O–H groups in total. The fraction of sp³-hybridized carbons (Fsp3) is 0.257. The normalized spacial score (nSPS) is 16.4. The van der Waals surface area contributed by atoms with E-state index in [1.54, 1.807) is 0 Å². The number of hydrogen-bond donors (Lipinski definition) is 0. The zero-order valence-electron chi connectivity index (χ0n) is 21.8. The third kappa shape index (κ3) is 3.73. The highest BCUT2D eigenvalue weighted by atomic mass is 32.1. The molecule has 4 aromatic carbocycles. The Hall–Kier alpha value is -3.36. The van der Waals surface area contributed by atoms with Crippen LogP contribution in [0.25, 0.3) is 36.5 Å². The van der Waals surface area contributed by atoms with Crippen molar-refractivity contribution in [1.82, 2.24) is 0 Å². The Labute approximate surface area is 223 Å². The standard InChI is InChI=1S/C35H33NS/c1-22(2)18-23-19-29-27-14-8-9-15-33(27)37-35(29)30(20-23)32-21-28(24-10-4-5-11-24)34-26-13-7-6-12-25(26)16-17-31(34)36(32)3/h6-9,12-17,19-22,24H,3-5,10-11,18H2,1-2H3. The maximum Gasteiger partial charge on any atom is 0.160 e. The molecule has 0 unspecified atom stereocenters. The molecule has 2 aliphatic rings. The molecule has 2 heterocycles. The van der Waals surface area contributed by atoms with Gasteiger partial charge in [-0.3, -0.25) is 0 Å². The fourth-order valence-electron chi connectivity index (χ4n) is 6.66. The van der Waals surface area contributed by atoms with Crippen LogP contribution < -0.4 is 0 Å². The summed E-state index contributed by atoms with van der Waals surface area (Å²) in [5, 5.41) is 5.42. The molecule has 5 aromatic rings. The maximum atomic E-state index is 4.67. The van der Waals surface area contributed by atoms with Crippen molar-refractivity contribution in [1.29, 1.82) is 0 Å². The van der Waals surface area contributed by atoms with Crippen molar-refractivity contribution < 1.29 is 4.58 Å². The van der Waals surface area contributed by atoms with Gasteiger partial charge < -0.3 is 0 Å². The summed E-state index contributed by atoms with van der Waals surface area (Å²) in [6.45, 7) is 9.30. The van der Waals surface area contributed by atoms with Crippen LogP contribution in [0.15, 0.2) is 78.9 Å². The van der Waals surface area contributed by atoms with Crippen LogP contribution in [0.5, 0.6) is 0 Å². The second-order valence-corrected chi connectivity index (χ2v) is 12.3. The van der Waals surface area contributed by atoms with E-state index in [2.05, 4.69) is 104 Å². The number of thiophene rings is 1. The molecule has 0 radical (unpaired) electrons. The predicted octanol–water partition coefficient (Wildman–Crippen LogP) is 9.92. The summed E-state index contributed by atoms with van der Waals surface area (Å²) in [6.07, 6.45) is 8.81. The first kappa shape index (κ1) is 22.8. The SMILES string of the molecule is C=[N+]1c2ccc3ccccc3c2C(C2CCCC2)=C[C-]1c1cc(CC(C)C)cc2c1[s+][c-]1ccccc21. The van der Waals surface area contributed by atoms with E-state index in [0.717, 1.165) is 6.42 Å². The van der Waals surface area contributed by atoms with Gasteiger partial charge in [-0.2, -0.15) is 0 Å². The lowest BCUT2D eigenvalue weighted by molar-refractivity contribution is -0.400. The maximum absolute atomic E-state index is 4.67. The van der Waals surface area contributed by atoms with Gasteiger partial charge in [0.2, 0.25) is 0 Å². The first-order chi connectivity index (χ1) is 18.1. The number of rotatable bonds is 4. The summed E-state index contributed by atoms with van der Waals surface area (Å²) in [6, 6.07) is 28.5. The van der Waals surface area contributed by atoms with E-state index in [-0.39, 0.29) is 0 Å². The molecular weight excluding hydrogens is 466 g/mol. The highest BCUT2D eigenvalue weighted by Gasteiger charge is 2.34. The summed E-state index contributed by atoms with van der Waals surface area (Å²) in [5.74, 6) is 1.23. The van der Waals surface area contributed by atoms with Gasteiger partial charge in [-0.05, 0) is 46.6 Å². The number of fused-ring (bicyclic) bond motifs is 6. The quantitative estimate of drug-likeness (QED) is 0.131. The molecule has 0 saturated heterocycles. The van der Waals surface area contributed by atoms with E-state index in [1.807, 2.05) is 11.3 Å². The van der Waals surface area contributed by atoms with Crippen LogP contribution in [0.4, 0.5) is 5.69 Å². The largest absolute Gasteiger partial charge is 0.248 e. The Morgan fingerprint density at radius 1 is 0.973 bits per heavy atom. The molecule has 1 nitrogen and oxygen atoms in total. The fourth-order valence-corrected chi connectivity index (χ4v) is 7.87. The monoisotopic (exact) mass is 499 g/mol. The van der Waals surface area contributed by atoms with Gasteiger partial charge in [0.05, 0.1) is 6.72 Å².